The Kier molecular flexibility index (Phi) is 7.71. The Labute approximate surface area is 149 Å². The predicted octanol–water partition coefficient (Wildman–Crippen LogP) is 3.06. The van der Waals surface area contributed by atoms with Crippen LogP contribution < -0.4 is 10.1 Å². The molecule has 1 aliphatic rings. The highest BCUT2D eigenvalue weighted by atomic mass is 32.2. The summed E-state index contributed by atoms with van der Waals surface area (Å²) in [5.74, 6) is 0.389. The summed E-state index contributed by atoms with van der Waals surface area (Å²) < 4.78 is 29.2. The van der Waals surface area contributed by atoms with Crippen molar-refractivity contribution in [2.45, 2.75) is 25.9 Å². The lowest BCUT2D eigenvalue weighted by molar-refractivity contribution is -0.118. The van der Waals surface area contributed by atoms with Gasteiger partial charge in [0.25, 0.3) is 0 Å². The highest BCUT2D eigenvalue weighted by Crippen LogP contribution is 2.16. The smallest absolute Gasteiger partial charge is 0.387 e. The number of hydrogen-bond acceptors (Lipinski definition) is 4. The van der Waals surface area contributed by atoms with E-state index in [4.69, 9.17) is 12.2 Å². The third-order valence-corrected chi connectivity index (χ3v) is 5.10. The number of carbonyl (C=O) groups is 1. The van der Waals surface area contributed by atoms with E-state index in [9.17, 15) is 13.6 Å². The zero-order valence-corrected chi connectivity index (χ0v) is 14.8. The fourth-order valence-electron chi connectivity index (χ4n) is 2.35. The summed E-state index contributed by atoms with van der Waals surface area (Å²) in [7, 11) is 0. The fourth-order valence-corrected chi connectivity index (χ4v) is 3.43. The number of thioether (sulfide) groups is 1. The molecule has 8 heteroatoms. The Balaban J connectivity index is 1.62. The summed E-state index contributed by atoms with van der Waals surface area (Å²) in [5, 5.41) is 2.83. The van der Waals surface area contributed by atoms with Crippen LogP contribution >= 0.6 is 24.0 Å². The third kappa shape index (κ3) is 6.60. The molecule has 1 aromatic carbocycles. The molecule has 1 N–H and O–H groups in total. The van der Waals surface area contributed by atoms with Gasteiger partial charge < -0.3 is 15.0 Å². The molecule has 1 aliphatic heterocycles. The van der Waals surface area contributed by atoms with Gasteiger partial charge in [0.1, 0.15) is 10.1 Å². The molecular weight excluding hydrogens is 354 g/mol. The van der Waals surface area contributed by atoms with Crippen LogP contribution in [0.4, 0.5) is 8.78 Å². The van der Waals surface area contributed by atoms with E-state index < -0.39 is 6.61 Å². The van der Waals surface area contributed by atoms with Crippen LogP contribution in [0.3, 0.4) is 0 Å². The quantitative estimate of drug-likeness (QED) is 0.743. The van der Waals surface area contributed by atoms with Crippen LogP contribution in [0.5, 0.6) is 5.75 Å². The van der Waals surface area contributed by atoms with Crippen LogP contribution in [0.2, 0.25) is 0 Å². The van der Waals surface area contributed by atoms with E-state index in [0.29, 0.717) is 18.7 Å². The molecule has 0 aliphatic carbocycles. The summed E-state index contributed by atoms with van der Waals surface area (Å²) in [6, 6.07) is 6.41. The third-order valence-electron chi connectivity index (χ3n) is 3.58. The molecule has 1 aromatic rings. The molecule has 1 saturated heterocycles. The Morgan fingerprint density at radius 3 is 2.58 bits per heavy atom. The van der Waals surface area contributed by atoms with Gasteiger partial charge in [0.15, 0.2) is 0 Å². The first-order chi connectivity index (χ1) is 11.5. The number of nitrogens with one attached hydrogen (secondary N) is 1. The van der Waals surface area contributed by atoms with Gasteiger partial charge in [0, 0.05) is 19.6 Å². The predicted molar refractivity (Wildman–Crippen MR) is 95.7 cm³/mol. The van der Waals surface area contributed by atoms with E-state index in [2.05, 4.69) is 15.0 Å². The lowest BCUT2D eigenvalue weighted by Crippen LogP contribution is -2.30. The number of ether oxygens (including phenoxy) is 1. The first-order valence-electron chi connectivity index (χ1n) is 7.77. The van der Waals surface area contributed by atoms with Crippen LogP contribution in [0.15, 0.2) is 24.3 Å². The number of nitrogens with zero attached hydrogens (tertiary/aromatic N) is 1. The first-order valence-corrected chi connectivity index (χ1v) is 9.16. The van der Waals surface area contributed by atoms with Crippen molar-refractivity contribution in [3.8, 4) is 5.75 Å². The Bertz CT molecular complexity index is 550. The monoisotopic (exact) mass is 374 g/mol. The minimum Gasteiger partial charge on any atom is -0.435 e. The van der Waals surface area contributed by atoms with Crippen LogP contribution in [0.1, 0.15) is 18.4 Å². The molecule has 0 spiro atoms. The summed E-state index contributed by atoms with van der Waals surface area (Å²) in [5.41, 5.74) is 0.942. The van der Waals surface area contributed by atoms with Gasteiger partial charge in [-0.15, -0.1) is 0 Å². The number of halogens is 2. The molecular formula is C16H20F2N2O2S2. The van der Waals surface area contributed by atoms with Crippen LogP contribution in [-0.2, 0) is 11.2 Å². The van der Waals surface area contributed by atoms with Gasteiger partial charge in [-0.1, -0.05) is 36.1 Å². The zero-order valence-electron chi connectivity index (χ0n) is 13.2. The van der Waals surface area contributed by atoms with Crippen molar-refractivity contribution in [2.24, 2.45) is 0 Å². The van der Waals surface area contributed by atoms with Crippen molar-refractivity contribution in [3.63, 3.8) is 0 Å². The van der Waals surface area contributed by atoms with Gasteiger partial charge >= 0.3 is 6.61 Å². The van der Waals surface area contributed by atoms with Gasteiger partial charge in [0.2, 0.25) is 5.91 Å². The van der Waals surface area contributed by atoms with Crippen LogP contribution in [0, 0.1) is 0 Å². The number of thiocarbonyl (C=S) groups is 1. The summed E-state index contributed by atoms with van der Waals surface area (Å²) in [6.45, 7) is -0.359. The summed E-state index contributed by atoms with van der Waals surface area (Å²) in [6.07, 6.45) is 2.95. The van der Waals surface area contributed by atoms with E-state index in [0.717, 1.165) is 35.8 Å². The fraction of sp³-hybridized carbons (Fsp3) is 0.500. The van der Waals surface area contributed by atoms with Gasteiger partial charge in [-0.3, -0.25) is 4.79 Å². The van der Waals surface area contributed by atoms with Crippen molar-refractivity contribution in [1.29, 1.82) is 0 Å². The second-order valence-electron chi connectivity index (χ2n) is 5.37. The number of alkyl halides is 2. The van der Waals surface area contributed by atoms with E-state index >= 15 is 0 Å². The Morgan fingerprint density at radius 1 is 1.29 bits per heavy atom. The number of benzene rings is 1. The van der Waals surface area contributed by atoms with Gasteiger partial charge in [-0.05, 0) is 37.0 Å². The van der Waals surface area contributed by atoms with Gasteiger partial charge in [0.05, 0.1) is 5.75 Å². The first kappa shape index (κ1) is 18.9. The SMILES string of the molecule is O=C(CSC(=S)N1CCCC1)NCCc1ccc(OC(F)F)cc1. The zero-order chi connectivity index (χ0) is 17.4. The number of rotatable bonds is 7. The molecule has 1 heterocycles. The van der Waals surface area contributed by atoms with E-state index in [1.54, 1.807) is 12.1 Å². The molecule has 4 nitrogen and oxygen atoms in total. The second kappa shape index (κ2) is 9.78. The molecule has 0 atom stereocenters. The molecule has 0 unspecified atom stereocenters. The maximum absolute atomic E-state index is 12.1. The molecule has 0 saturated carbocycles. The maximum atomic E-state index is 12.1. The highest BCUT2D eigenvalue weighted by molar-refractivity contribution is 8.23. The minimum absolute atomic E-state index is 0.0563. The lowest BCUT2D eigenvalue weighted by Gasteiger charge is -2.17. The summed E-state index contributed by atoms with van der Waals surface area (Å²) in [4.78, 5) is 13.9. The average molecular weight is 374 g/mol. The molecule has 0 radical (unpaired) electrons. The maximum Gasteiger partial charge on any atom is 0.387 e. The number of hydrogen-bond donors (Lipinski definition) is 1. The number of carbonyl (C=O) groups excluding carboxylic acids is 1. The molecule has 2 rings (SSSR count). The van der Waals surface area contributed by atoms with Crippen molar-refractivity contribution in [2.75, 3.05) is 25.4 Å². The van der Waals surface area contributed by atoms with Gasteiger partial charge in [-0.25, -0.2) is 0 Å². The number of likely N-dealkylation sites (tertiary alicyclic amines) is 1. The van der Waals surface area contributed by atoms with E-state index in [-0.39, 0.29) is 11.7 Å². The molecule has 0 aromatic heterocycles. The standard InChI is InChI=1S/C16H20F2N2O2S2/c17-15(18)22-13-5-3-12(4-6-13)7-8-19-14(21)11-24-16(23)20-9-1-2-10-20/h3-6,15H,1-2,7-11H2,(H,19,21). The number of amides is 1. The van der Waals surface area contributed by atoms with Crippen LogP contribution in [-0.4, -0.2) is 47.1 Å². The molecule has 1 amide bonds. The average Bonchev–Trinajstić information content (AvgIpc) is 3.08. The van der Waals surface area contributed by atoms with Gasteiger partial charge in [-0.2, -0.15) is 8.78 Å². The Morgan fingerprint density at radius 2 is 1.96 bits per heavy atom. The van der Waals surface area contributed by atoms with Crippen molar-refractivity contribution >= 4 is 34.2 Å². The summed E-state index contributed by atoms with van der Waals surface area (Å²) >= 11 is 6.70. The molecule has 132 valence electrons. The van der Waals surface area contributed by atoms with Crippen molar-refractivity contribution in [1.82, 2.24) is 10.2 Å². The largest absolute Gasteiger partial charge is 0.435 e. The van der Waals surface area contributed by atoms with Crippen molar-refractivity contribution in [3.05, 3.63) is 29.8 Å². The highest BCUT2D eigenvalue weighted by Gasteiger charge is 2.16. The second-order valence-corrected chi connectivity index (χ2v) is 6.98. The lowest BCUT2D eigenvalue weighted by atomic mass is 10.1. The Hall–Kier alpha value is -1.41. The molecule has 0 bridgehead atoms. The van der Waals surface area contributed by atoms with E-state index in [1.807, 2.05) is 0 Å². The van der Waals surface area contributed by atoms with E-state index in [1.165, 1.54) is 23.9 Å². The molecule has 24 heavy (non-hydrogen) atoms. The van der Waals surface area contributed by atoms with Crippen LogP contribution in [0.25, 0.3) is 0 Å². The topological polar surface area (TPSA) is 41.6 Å². The molecule has 1 fully saturated rings. The minimum atomic E-state index is -2.82. The normalized spacial score (nSPS) is 14.0. The van der Waals surface area contributed by atoms with Crippen molar-refractivity contribution < 1.29 is 18.3 Å².